The maximum Gasteiger partial charge on any atom is 0.0669 e. The van der Waals surface area contributed by atoms with Gasteiger partial charge in [0.15, 0.2) is 0 Å². The lowest BCUT2D eigenvalue weighted by molar-refractivity contribution is 0.695. The second-order valence-electron chi connectivity index (χ2n) is 6.79. The third-order valence-electron chi connectivity index (χ3n) is 5.02. The van der Waals surface area contributed by atoms with Gasteiger partial charge >= 0.3 is 0 Å². The monoisotopic (exact) mass is 348 g/mol. The highest BCUT2D eigenvalue weighted by atomic mass is 15.1. The Hall–Kier alpha value is -3.52. The van der Waals surface area contributed by atoms with Crippen LogP contribution in [0, 0.1) is 0 Å². The normalized spacial score (nSPS) is 17.5. The van der Waals surface area contributed by atoms with Crippen LogP contribution in [0.25, 0.3) is 11.3 Å². The molecular weight excluding hydrogens is 328 g/mol. The number of fused-ring (bicyclic) bond motifs is 3. The summed E-state index contributed by atoms with van der Waals surface area (Å²) >= 11 is 0. The summed E-state index contributed by atoms with van der Waals surface area (Å²) in [6.07, 6.45) is 8.89. The first-order valence-electron chi connectivity index (χ1n) is 9.25. The van der Waals surface area contributed by atoms with E-state index in [4.69, 9.17) is 0 Å². The second-order valence-corrected chi connectivity index (χ2v) is 6.79. The fraction of sp³-hybridized carbons (Fsp3) is 0.0400. The molecule has 0 radical (unpaired) electrons. The van der Waals surface area contributed by atoms with E-state index in [-0.39, 0.29) is 6.04 Å². The molecule has 27 heavy (non-hydrogen) atoms. The average Bonchev–Trinajstić information content (AvgIpc) is 2.75. The largest absolute Gasteiger partial charge is 0.375 e. The number of hydrogen-bond donors (Lipinski definition) is 1. The predicted molar refractivity (Wildman–Crippen MR) is 113 cm³/mol. The molecule has 3 aromatic carbocycles. The quantitative estimate of drug-likeness (QED) is 0.649. The number of nitrogens with one attached hydrogen (secondary N) is 1. The zero-order chi connectivity index (χ0) is 18.1. The number of rotatable bonds is 3. The summed E-state index contributed by atoms with van der Waals surface area (Å²) in [7, 11) is 0. The first kappa shape index (κ1) is 15.7. The highest BCUT2D eigenvalue weighted by Gasteiger charge is 2.24. The summed E-state index contributed by atoms with van der Waals surface area (Å²) in [6.45, 7) is 0. The molecule has 3 aromatic rings. The molecule has 0 spiro atoms. The maximum atomic E-state index is 3.58. The Labute approximate surface area is 159 Å². The molecule has 1 N–H and O–H groups in total. The van der Waals surface area contributed by atoms with Gasteiger partial charge in [0.2, 0.25) is 0 Å². The van der Waals surface area contributed by atoms with Crippen LogP contribution in [0.5, 0.6) is 0 Å². The zero-order valence-electron chi connectivity index (χ0n) is 14.9. The third kappa shape index (κ3) is 2.96. The standard InChI is InChI=1S/C25H20N2/c1-3-9-19(10-4-1)24-18-27-16-15-21(26-20-11-5-2-6-12-20)17-25(27)23-14-8-7-13-22(23)24/h1-18,21,26H. The van der Waals surface area contributed by atoms with E-state index < -0.39 is 0 Å². The summed E-state index contributed by atoms with van der Waals surface area (Å²) in [6, 6.07) is 29.8. The van der Waals surface area contributed by atoms with Crippen LogP contribution in [0.1, 0.15) is 16.7 Å². The van der Waals surface area contributed by atoms with Gasteiger partial charge in [-0.15, -0.1) is 0 Å². The van der Waals surface area contributed by atoms with Crippen molar-refractivity contribution in [3.05, 3.63) is 126 Å². The van der Waals surface area contributed by atoms with Gasteiger partial charge < -0.3 is 10.2 Å². The predicted octanol–water partition coefficient (Wildman–Crippen LogP) is 5.74. The molecule has 0 saturated carbocycles. The van der Waals surface area contributed by atoms with Gasteiger partial charge in [0.25, 0.3) is 0 Å². The molecule has 5 rings (SSSR count). The van der Waals surface area contributed by atoms with Crippen molar-refractivity contribution >= 4 is 17.0 Å². The van der Waals surface area contributed by atoms with E-state index in [0.717, 1.165) is 5.69 Å². The first-order chi connectivity index (χ1) is 13.4. The van der Waals surface area contributed by atoms with Gasteiger partial charge in [0, 0.05) is 29.2 Å². The minimum Gasteiger partial charge on any atom is -0.375 e. The molecule has 0 fully saturated rings. The van der Waals surface area contributed by atoms with Crippen LogP contribution in [0.2, 0.25) is 0 Å². The molecule has 0 aliphatic carbocycles. The minimum absolute atomic E-state index is 0.165. The summed E-state index contributed by atoms with van der Waals surface area (Å²) in [5, 5.41) is 3.58. The van der Waals surface area contributed by atoms with E-state index in [1.54, 1.807) is 0 Å². The zero-order valence-corrected chi connectivity index (χ0v) is 14.9. The van der Waals surface area contributed by atoms with Crippen molar-refractivity contribution in [2.24, 2.45) is 0 Å². The molecular formula is C25H20N2. The van der Waals surface area contributed by atoms with Crippen molar-refractivity contribution in [2.45, 2.75) is 6.04 Å². The molecule has 2 heteroatoms. The molecule has 0 amide bonds. The number of nitrogens with zero attached hydrogens (tertiary/aromatic N) is 1. The van der Waals surface area contributed by atoms with Gasteiger partial charge in [-0.05, 0) is 35.4 Å². The summed E-state index contributed by atoms with van der Waals surface area (Å²) in [5.41, 5.74) is 7.38. The Morgan fingerprint density at radius 3 is 2.15 bits per heavy atom. The van der Waals surface area contributed by atoms with Crippen LogP contribution in [0.4, 0.5) is 5.69 Å². The van der Waals surface area contributed by atoms with E-state index in [1.165, 1.54) is 28.0 Å². The van der Waals surface area contributed by atoms with Crippen LogP contribution in [0.15, 0.2) is 109 Å². The number of benzene rings is 3. The fourth-order valence-electron chi connectivity index (χ4n) is 3.73. The summed E-state index contributed by atoms with van der Waals surface area (Å²) in [4.78, 5) is 2.23. The molecule has 1 unspecified atom stereocenters. The number of hydrogen-bond acceptors (Lipinski definition) is 2. The molecule has 0 aromatic heterocycles. The average molecular weight is 348 g/mol. The third-order valence-corrected chi connectivity index (χ3v) is 5.02. The summed E-state index contributed by atoms with van der Waals surface area (Å²) in [5.74, 6) is 0. The van der Waals surface area contributed by atoms with E-state index in [1.807, 2.05) is 6.07 Å². The number of anilines is 1. The molecule has 2 heterocycles. The van der Waals surface area contributed by atoms with Crippen molar-refractivity contribution in [2.75, 3.05) is 5.32 Å². The van der Waals surface area contributed by atoms with Gasteiger partial charge in [-0.3, -0.25) is 0 Å². The van der Waals surface area contributed by atoms with E-state index in [0.29, 0.717) is 0 Å². The maximum absolute atomic E-state index is 3.58. The molecule has 2 aliphatic rings. The van der Waals surface area contributed by atoms with Crippen molar-refractivity contribution in [1.29, 1.82) is 0 Å². The Bertz CT molecular complexity index is 1050. The molecule has 2 nitrogen and oxygen atoms in total. The lowest BCUT2D eigenvalue weighted by atomic mass is 9.89. The lowest BCUT2D eigenvalue weighted by Crippen LogP contribution is -2.25. The van der Waals surface area contributed by atoms with E-state index in [2.05, 4.69) is 114 Å². The van der Waals surface area contributed by atoms with Crippen molar-refractivity contribution < 1.29 is 0 Å². The molecule has 1 atom stereocenters. The second kappa shape index (κ2) is 6.65. The Kier molecular flexibility index (Phi) is 3.87. The highest BCUT2D eigenvalue weighted by Crippen LogP contribution is 2.39. The Morgan fingerprint density at radius 1 is 0.704 bits per heavy atom. The summed E-state index contributed by atoms with van der Waals surface area (Å²) < 4.78 is 0. The Balaban J connectivity index is 1.55. The highest BCUT2D eigenvalue weighted by molar-refractivity contribution is 5.91. The van der Waals surface area contributed by atoms with Crippen molar-refractivity contribution in [3.63, 3.8) is 0 Å². The van der Waals surface area contributed by atoms with Crippen LogP contribution in [-0.2, 0) is 0 Å². The lowest BCUT2D eigenvalue weighted by Gasteiger charge is -2.33. The topological polar surface area (TPSA) is 15.3 Å². The van der Waals surface area contributed by atoms with Crippen molar-refractivity contribution in [3.8, 4) is 0 Å². The molecule has 130 valence electrons. The van der Waals surface area contributed by atoms with Crippen LogP contribution in [-0.4, -0.2) is 10.9 Å². The van der Waals surface area contributed by atoms with E-state index in [9.17, 15) is 0 Å². The minimum atomic E-state index is 0.165. The van der Waals surface area contributed by atoms with E-state index >= 15 is 0 Å². The Morgan fingerprint density at radius 2 is 1.37 bits per heavy atom. The van der Waals surface area contributed by atoms with Crippen LogP contribution in [0.3, 0.4) is 0 Å². The number of para-hydroxylation sites is 1. The fourth-order valence-corrected chi connectivity index (χ4v) is 3.73. The van der Waals surface area contributed by atoms with Gasteiger partial charge in [0.05, 0.1) is 11.7 Å². The van der Waals surface area contributed by atoms with Crippen LogP contribution < -0.4 is 5.32 Å². The smallest absolute Gasteiger partial charge is 0.0669 e. The van der Waals surface area contributed by atoms with Gasteiger partial charge in [-0.25, -0.2) is 0 Å². The van der Waals surface area contributed by atoms with Gasteiger partial charge in [0.1, 0.15) is 0 Å². The van der Waals surface area contributed by atoms with Crippen LogP contribution >= 0.6 is 0 Å². The molecule has 0 saturated heterocycles. The molecule has 0 bridgehead atoms. The van der Waals surface area contributed by atoms with Gasteiger partial charge in [-0.2, -0.15) is 0 Å². The van der Waals surface area contributed by atoms with Gasteiger partial charge in [-0.1, -0.05) is 72.8 Å². The SMILES string of the molecule is C1=CN2C=C(c3ccccc3)c3ccccc3C2=CC1Nc1ccccc1. The first-order valence-corrected chi connectivity index (χ1v) is 9.25. The molecule has 2 aliphatic heterocycles. The van der Waals surface area contributed by atoms with Crippen molar-refractivity contribution in [1.82, 2.24) is 4.90 Å².